The number of ether oxygens (including phenoxy) is 1. The molecular weight excluding hydrogens is 336 g/mol. The zero-order chi connectivity index (χ0) is 19.6. The van der Waals surface area contributed by atoms with E-state index in [1.54, 1.807) is 4.90 Å². The Morgan fingerprint density at radius 2 is 1.48 bits per heavy atom. The highest BCUT2D eigenvalue weighted by Crippen LogP contribution is 2.08. The van der Waals surface area contributed by atoms with Gasteiger partial charge in [0.2, 0.25) is 0 Å². The van der Waals surface area contributed by atoms with Crippen molar-refractivity contribution in [2.75, 3.05) is 13.1 Å². The number of carbonyl (C=O) groups is 1. The first kappa shape index (κ1) is 21.1. The smallest absolute Gasteiger partial charge is 0.251 e. The van der Waals surface area contributed by atoms with Crippen LogP contribution in [0, 0.1) is 0 Å². The summed E-state index contributed by atoms with van der Waals surface area (Å²) in [6, 6.07) is 16.1. The summed E-state index contributed by atoms with van der Waals surface area (Å²) in [6.07, 6.45) is 0.202. The highest BCUT2D eigenvalue weighted by molar-refractivity contribution is 5.94. The summed E-state index contributed by atoms with van der Waals surface area (Å²) in [5.74, 6) is -0.0528. The third-order valence-electron chi connectivity index (χ3n) is 4.73. The van der Waals surface area contributed by atoms with E-state index in [0.29, 0.717) is 18.7 Å². The molecule has 0 aliphatic heterocycles. The number of amides is 1. The lowest BCUT2D eigenvalue weighted by Crippen LogP contribution is -3.10. The largest absolute Gasteiger partial charge is 0.374 e. The maximum absolute atomic E-state index is 12.3. The molecule has 0 heterocycles. The van der Waals surface area contributed by atoms with Crippen molar-refractivity contribution in [1.29, 1.82) is 0 Å². The van der Waals surface area contributed by atoms with E-state index in [2.05, 4.69) is 43.4 Å². The molecule has 0 saturated heterocycles. The topological polar surface area (TPSA) is 42.8 Å². The Balaban J connectivity index is 1.84. The first-order chi connectivity index (χ1) is 13.0. The molecule has 0 bridgehead atoms. The van der Waals surface area contributed by atoms with Gasteiger partial charge in [-0.05, 0) is 51.0 Å². The summed E-state index contributed by atoms with van der Waals surface area (Å²) in [7, 11) is 0. The molecule has 0 aliphatic carbocycles. The second kappa shape index (κ2) is 10.9. The molecule has 0 atom stereocenters. The average Bonchev–Trinajstić information content (AvgIpc) is 2.70. The van der Waals surface area contributed by atoms with Crippen LogP contribution in [-0.2, 0) is 24.4 Å². The molecule has 1 amide bonds. The SMILES string of the molecule is CC[NH+](CC)Cc1ccc(CNC(=O)c2ccc(COC(C)C)cc2)cc1. The molecule has 146 valence electrons. The van der Waals surface area contributed by atoms with Gasteiger partial charge in [-0.2, -0.15) is 0 Å². The molecule has 27 heavy (non-hydrogen) atoms. The fraction of sp³-hybridized carbons (Fsp3) is 0.435. The first-order valence-corrected chi connectivity index (χ1v) is 9.92. The molecule has 0 aromatic heterocycles. The van der Waals surface area contributed by atoms with Crippen LogP contribution in [0.1, 0.15) is 54.7 Å². The second-order valence-electron chi connectivity index (χ2n) is 7.19. The van der Waals surface area contributed by atoms with Crippen LogP contribution in [0.3, 0.4) is 0 Å². The van der Waals surface area contributed by atoms with Crippen LogP contribution < -0.4 is 10.2 Å². The Labute approximate surface area is 163 Å². The van der Waals surface area contributed by atoms with E-state index in [9.17, 15) is 4.79 Å². The van der Waals surface area contributed by atoms with Crippen molar-refractivity contribution in [3.8, 4) is 0 Å². The molecule has 0 radical (unpaired) electrons. The van der Waals surface area contributed by atoms with Crippen LogP contribution in [0.4, 0.5) is 0 Å². The number of nitrogens with one attached hydrogen (secondary N) is 2. The minimum absolute atomic E-state index is 0.0528. The monoisotopic (exact) mass is 369 g/mol. The number of hydrogen-bond donors (Lipinski definition) is 2. The zero-order valence-corrected chi connectivity index (χ0v) is 17.0. The molecule has 2 aromatic rings. The standard InChI is InChI=1S/C23H32N2O2/c1-5-25(6-2)16-20-9-7-19(8-10-20)15-24-23(26)22-13-11-21(12-14-22)17-27-18(3)4/h7-14,18H,5-6,15-17H2,1-4H3,(H,24,26)/p+1. The van der Waals surface area contributed by atoms with Crippen molar-refractivity contribution >= 4 is 5.91 Å². The van der Waals surface area contributed by atoms with Crippen LogP contribution in [0.25, 0.3) is 0 Å². The van der Waals surface area contributed by atoms with E-state index in [1.165, 1.54) is 5.56 Å². The third-order valence-corrected chi connectivity index (χ3v) is 4.73. The molecule has 0 saturated carbocycles. The first-order valence-electron chi connectivity index (χ1n) is 9.92. The van der Waals surface area contributed by atoms with Gasteiger partial charge in [-0.3, -0.25) is 4.79 Å². The van der Waals surface area contributed by atoms with Gasteiger partial charge in [0, 0.05) is 17.7 Å². The predicted molar refractivity (Wildman–Crippen MR) is 110 cm³/mol. The molecule has 4 heteroatoms. The van der Waals surface area contributed by atoms with Crippen molar-refractivity contribution in [2.45, 2.75) is 53.5 Å². The second-order valence-corrected chi connectivity index (χ2v) is 7.19. The quantitative estimate of drug-likeness (QED) is 0.676. The van der Waals surface area contributed by atoms with E-state index in [4.69, 9.17) is 4.74 Å². The maximum Gasteiger partial charge on any atom is 0.251 e. The van der Waals surface area contributed by atoms with Crippen molar-refractivity contribution in [2.24, 2.45) is 0 Å². The van der Waals surface area contributed by atoms with Crippen molar-refractivity contribution in [1.82, 2.24) is 5.32 Å². The Hall–Kier alpha value is -2.17. The number of rotatable bonds is 10. The summed E-state index contributed by atoms with van der Waals surface area (Å²) < 4.78 is 5.58. The van der Waals surface area contributed by atoms with Gasteiger partial charge in [0.15, 0.2) is 0 Å². The van der Waals surface area contributed by atoms with Crippen LogP contribution >= 0.6 is 0 Å². The fourth-order valence-corrected chi connectivity index (χ4v) is 2.86. The number of benzene rings is 2. The maximum atomic E-state index is 12.3. The Morgan fingerprint density at radius 3 is 2.04 bits per heavy atom. The van der Waals surface area contributed by atoms with Crippen LogP contribution in [0.5, 0.6) is 0 Å². The Kier molecular flexibility index (Phi) is 8.49. The molecule has 0 aliphatic rings. The van der Waals surface area contributed by atoms with Crippen LogP contribution in [-0.4, -0.2) is 25.1 Å². The van der Waals surface area contributed by atoms with Gasteiger partial charge in [-0.25, -0.2) is 0 Å². The number of hydrogen-bond acceptors (Lipinski definition) is 2. The fourth-order valence-electron chi connectivity index (χ4n) is 2.86. The van der Waals surface area contributed by atoms with E-state index < -0.39 is 0 Å². The summed E-state index contributed by atoms with van der Waals surface area (Å²) >= 11 is 0. The van der Waals surface area contributed by atoms with Crippen LogP contribution in [0.2, 0.25) is 0 Å². The van der Waals surface area contributed by atoms with E-state index >= 15 is 0 Å². The lowest BCUT2D eigenvalue weighted by atomic mass is 10.1. The normalized spacial score (nSPS) is 11.2. The van der Waals surface area contributed by atoms with E-state index in [1.807, 2.05) is 38.1 Å². The van der Waals surface area contributed by atoms with Crippen LogP contribution in [0.15, 0.2) is 48.5 Å². The van der Waals surface area contributed by atoms with Gasteiger partial charge in [-0.15, -0.1) is 0 Å². The van der Waals surface area contributed by atoms with Gasteiger partial charge in [0.25, 0.3) is 5.91 Å². The molecular formula is C23H33N2O2+. The molecule has 2 aromatic carbocycles. The predicted octanol–water partition coefficient (Wildman–Crippen LogP) is 2.97. The summed E-state index contributed by atoms with van der Waals surface area (Å²) in [5.41, 5.74) is 4.20. The number of quaternary nitrogens is 1. The van der Waals surface area contributed by atoms with Gasteiger partial charge in [0.05, 0.1) is 25.8 Å². The molecule has 2 N–H and O–H groups in total. The summed E-state index contributed by atoms with van der Waals surface area (Å²) in [4.78, 5) is 13.9. The zero-order valence-electron chi connectivity index (χ0n) is 17.0. The van der Waals surface area contributed by atoms with Gasteiger partial charge in [-0.1, -0.05) is 36.4 Å². The van der Waals surface area contributed by atoms with Gasteiger partial charge < -0.3 is 15.0 Å². The van der Waals surface area contributed by atoms with Crippen molar-refractivity contribution in [3.05, 3.63) is 70.8 Å². The summed E-state index contributed by atoms with van der Waals surface area (Å²) in [5, 5.41) is 2.99. The Morgan fingerprint density at radius 1 is 0.926 bits per heavy atom. The summed E-state index contributed by atoms with van der Waals surface area (Å²) in [6.45, 7) is 12.9. The van der Waals surface area contributed by atoms with Gasteiger partial charge >= 0.3 is 0 Å². The molecule has 0 spiro atoms. The molecule has 4 nitrogen and oxygen atoms in total. The van der Waals surface area contributed by atoms with Crippen molar-refractivity contribution < 1.29 is 14.4 Å². The minimum atomic E-state index is -0.0528. The highest BCUT2D eigenvalue weighted by atomic mass is 16.5. The third kappa shape index (κ3) is 7.16. The minimum Gasteiger partial charge on any atom is -0.374 e. The van der Waals surface area contributed by atoms with Crippen molar-refractivity contribution in [3.63, 3.8) is 0 Å². The Bertz CT molecular complexity index is 689. The average molecular weight is 370 g/mol. The lowest BCUT2D eigenvalue weighted by Gasteiger charge is -2.15. The van der Waals surface area contributed by atoms with Gasteiger partial charge in [0.1, 0.15) is 6.54 Å². The number of carbonyl (C=O) groups excluding carboxylic acids is 1. The van der Waals surface area contributed by atoms with E-state index in [-0.39, 0.29) is 12.0 Å². The lowest BCUT2D eigenvalue weighted by molar-refractivity contribution is -0.910. The van der Waals surface area contributed by atoms with E-state index in [0.717, 1.165) is 30.8 Å². The molecule has 0 fully saturated rings. The molecule has 2 rings (SSSR count). The molecule has 0 unspecified atom stereocenters. The highest BCUT2D eigenvalue weighted by Gasteiger charge is 2.07.